The van der Waals surface area contributed by atoms with E-state index in [4.69, 9.17) is 5.11 Å². The number of hydrogen-bond donors (Lipinski definition) is 1. The molecule has 0 aromatic heterocycles. The molecule has 4 nitrogen and oxygen atoms in total. The molecule has 0 saturated carbocycles. The second-order valence-electron chi connectivity index (χ2n) is 1.23. The molecule has 0 rings (SSSR count). The van der Waals surface area contributed by atoms with E-state index in [0.29, 0.717) is 0 Å². The van der Waals surface area contributed by atoms with Crippen LogP contribution in [0.25, 0.3) is 0 Å². The van der Waals surface area contributed by atoms with Crippen LogP contribution >= 0.6 is 0 Å². The topological polar surface area (TPSA) is 55.8 Å². The predicted octanol–water partition coefficient (Wildman–Crippen LogP) is -0.0200. The standard InChI is InChI=1S/C3H6O3.C2H6O/c1-6-2-3(4)5;1-3-2/h2H2,1H3,(H,4,5);1-2H3. The van der Waals surface area contributed by atoms with Crippen molar-refractivity contribution in [1.82, 2.24) is 0 Å². The molecule has 0 spiro atoms. The number of hydrogen-bond acceptors (Lipinski definition) is 3. The van der Waals surface area contributed by atoms with E-state index in [0.717, 1.165) is 0 Å². The Balaban J connectivity index is 0. The van der Waals surface area contributed by atoms with Gasteiger partial charge in [0.1, 0.15) is 6.61 Å². The summed E-state index contributed by atoms with van der Waals surface area (Å²) in [4.78, 5) is 9.47. The average Bonchev–Trinajstić information content (AvgIpc) is 1.67. The van der Waals surface area contributed by atoms with E-state index in [1.807, 2.05) is 0 Å². The third kappa shape index (κ3) is 37.6. The lowest BCUT2D eigenvalue weighted by Gasteiger charge is -1.83. The zero-order valence-corrected chi connectivity index (χ0v) is 5.88. The summed E-state index contributed by atoms with van der Waals surface area (Å²) in [7, 11) is 4.59. The number of carboxylic acid groups (broad SMARTS) is 1. The molecule has 0 fully saturated rings. The van der Waals surface area contributed by atoms with Crippen molar-refractivity contribution in [2.45, 2.75) is 0 Å². The van der Waals surface area contributed by atoms with E-state index in [1.54, 1.807) is 14.2 Å². The monoisotopic (exact) mass is 136 g/mol. The van der Waals surface area contributed by atoms with E-state index in [1.165, 1.54) is 7.11 Å². The van der Waals surface area contributed by atoms with E-state index >= 15 is 0 Å². The van der Waals surface area contributed by atoms with Crippen LogP contribution in [0.3, 0.4) is 0 Å². The van der Waals surface area contributed by atoms with Crippen LogP contribution in [0.1, 0.15) is 0 Å². The third-order valence-electron chi connectivity index (χ3n) is 0.268. The minimum absolute atomic E-state index is 0.208. The molecule has 0 aliphatic carbocycles. The van der Waals surface area contributed by atoms with Gasteiger partial charge in [-0.3, -0.25) is 0 Å². The maximum absolute atomic E-state index is 9.47. The zero-order chi connectivity index (χ0) is 7.70. The molecule has 1 N–H and O–H groups in total. The van der Waals surface area contributed by atoms with Crippen LogP contribution < -0.4 is 0 Å². The SMILES string of the molecule is COC.COCC(=O)O. The number of ether oxygens (including phenoxy) is 2. The molecule has 0 heterocycles. The van der Waals surface area contributed by atoms with Crippen molar-refractivity contribution in [1.29, 1.82) is 0 Å². The van der Waals surface area contributed by atoms with Crippen LogP contribution in [0.5, 0.6) is 0 Å². The second kappa shape index (κ2) is 10.4. The molecule has 9 heavy (non-hydrogen) atoms. The Morgan fingerprint density at radius 1 is 1.44 bits per heavy atom. The lowest BCUT2D eigenvalue weighted by Crippen LogP contribution is -2.02. The summed E-state index contributed by atoms with van der Waals surface area (Å²) in [6.07, 6.45) is 0. The summed E-state index contributed by atoms with van der Waals surface area (Å²) < 4.78 is 8.45. The van der Waals surface area contributed by atoms with Gasteiger partial charge in [0, 0.05) is 21.3 Å². The maximum Gasteiger partial charge on any atom is 0.329 e. The molecule has 4 heteroatoms. The lowest BCUT2D eigenvalue weighted by molar-refractivity contribution is -0.141. The van der Waals surface area contributed by atoms with Gasteiger partial charge in [0.05, 0.1) is 0 Å². The third-order valence-corrected chi connectivity index (χ3v) is 0.268. The summed E-state index contributed by atoms with van der Waals surface area (Å²) in [5.74, 6) is -0.933. The predicted molar refractivity (Wildman–Crippen MR) is 32.4 cm³/mol. The Morgan fingerprint density at radius 2 is 1.78 bits per heavy atom. The first-order chi connectivity index (χ1) is 4.18. The fourth-order valence-electron chi connectivity index (χ4n) is 0.123. The quantitative estimate of drug-likeness (QED) is 0.579. The minimum atomic E-state index is -0.933. The largest absolute Gasteiger partial charge is 0.480 e. The molecule has 56 valence electrons. The van der Waals surface area contributed by atoms with E-state index in [-0.39, 0.29) is 6.61 Å². The van der Waals surface area contributed by atoms with Gasteiger partial charge in [-0.05, 0) is 0 Å². The highest BCUT2D eigenvalue weighted by atomic mass is 16.5. The molecule has 0 atom stereocenters. The van der Waals surface area contributed by atoms with Gasteiger partial charge < -0.3 is 14.6 Å². The summed E-state index contributed by atoms with van der Waals surface area (Å²) >= 11 is 0. The second-order valence-corrected chi connectivity index (χ2v) is 1.23. The van der Waals surface area contributed by atoms with Gasteiger partial charge >= 0.3 is 5.97 Å². The Labute approximate surface area is 54.4 Å². The van der Waals surface area contributed by atoms with Crippen LogP contribution in [0, 0.1) is 0 Å². The van der Waals surface area contributed by atoms with Crippen LogP contribution in [0.15, 0.2) is 0 Å². The van der Waals surface area contributed by atoms with E-state index < -0.39 is 5.97 Å². The molecule has 0 bridgehead atoms. The van der Waals surface area contributed by atoms with Crippen molar-refractivity contribution in [3.05, 3.63) is 0 Å². The highest BCUT2D eigenvalue weighted by Crippen LogP contribution is 1.61. The Hall–Kier alpha value is -0.610. The number of carbonyl (C=O) groups is 1. The lowest BCUT2D eigenvalue weighted by atomic mass is 10.8. The molecular formula is C5H12O4. The zero-order valence-electron chi connectivity index (χ0n) is 5.88. The molecule has 0 aromatic carbocycles. The molecular weight excluding hydrogens is 124 g/mol. The Bertz CT molecular complexity index is 62.0. The molecule has 0 saturated heterocycles. The molecule has 0 unspecified atom stereocenters. The van der Waals surface area contributed by atoms with Crippen molar-refractivity contribution in [2.75, 3.05) is 27.9 Å². The van der Waals surface area contributed by atoms with Crippen LogP contribution in [-0.4, -0.2) is 39.0 Å². The van der Waals surface area contributed by atoms with Crippen molar-refractivity contribution in [3.63, 3.8) is 0 Å². The summed E-state index contributed by atoms with van der Waals surface area (Å²) in [5.41, 5.74) is 0. The molecule has 0 aromatic rings. The van der Waals surface area contributed by atoms with Crippen LogP contribution in [-0.2, 0) is 14.3 Å². The highest BCUT2D eigenvalue weighted by Gasteiger charge is 1.87. The fourth-order valence-corrected chi connectivity index (χ4v) is 0.123. The van der Waals surface area contributed by atoms with Gasteiger partial charge in [-0.2, -0.15) is 0 Å². The van der Waals surface area contributed by atoms with Gasteiger partial charge in [0.25, 0.3) is 0 Å². The average molecular weight is 136 g/mol. The number of carboxylic acids is 1. The van der Waals surface area contributed by atoms with Gasteiger partial charge in [0.15, 0.2) is 0 Å². The van der Waals surface area contributed by atoms with E-state index in [9.17, 15) is 4.79 Å². The number of aliphatic carboxylic acids is 1. The molecule has 0 radical (unpaired) electrons. The number of methoxy groups -OCH3 is 2. The van der Waals surface area contributed by atoms with Gasteiger partial charge in [-0.25, -0.2) is 4.79 Å². The van der Waals surface area contributed by atoms with Gasteiger partial charge in [-0.1, -0.05) is 0 Å². The molecule has 0 aliphatic rings. The Kier molecular flexibility index (Phi) is 13.0. The highest BCUT2D eigenvalue weighted by molar-refractivity contribution is 5.67. The Morgan fingerprint density at radius 3 is 1.78 bits per heavy atom. The molecule has 0 amide bonds. The summed E-state index contributed by atoms with van der Waals surface area (Å²) in [5, 5.41) is 7.79. The van der Waals surface area contributed by atoms with Crippen LogP contribution in [0.2, 0.25) is 0 Å². The minimum Gasteiger partial charge on any atom is -0.480 e. The van der Waals surface area contributed by atoms with Crippen LogP contribution in [0.4, 0.5) is 0 Å². The first-order valence-electron chi connectivity index (χ1n) is 2.29. The van der Waals surface area contributed by atoms with Gasteiger partial charge in [-0.15, -0.1) is 0 Å². The fraction of sp³-hybridized carbons (Fsp3) is 0.800. The smallest absolute Gasteiger partial charge is 0.329 e. The normalized spacial score (nSPS) is 7.44. The van der Waals surface area contributed by atoms with Crippen molar-refractivity contribution < 1.29 is 19.4 Å². The van der Waals surface area contributed by atoms with Gasteiger partial charge in [0.2, 0.25) is 0 Å². The summed E-state index contributed by atoms with van der Waals surface area (Å²) in [6, 6.07) is 0. The maximum atomic E-state index is 9.47. The number of rotatable bonds is 2. The first kappa shape index (κ1) is 11.2. The summed E-state index contributed by atoms with van der Waals surface area (Å²) in [6.45, 7) is -0.208. The van der Waals surface area contributed by atoms with Crippen molar-refractivity contribution >= 4 is 5.97 Å². The molecule has 0 aliphatic heterocycles. The first-order valence-corrected chi connectivity index (χ1v) is 2.29. The van der Waals surface area contributed by atoms with Crippen molar-refractivity contribution in [3.8, 4) is 0 Å². The van der Waals surface area contributed by atoms with Crippen molar-refractivity contribution in [2.24, 2.45) is 0 Å². The van der Waals surface area contributed by atoms with E-state index in [2.05, 4.69) is 9.47 Å².